The molecule has 1 saturated heterocycles. The van der Waals surface area contributed by atoms with Crippen LogP contribution in [0.1, 0.15) is 53.8 Å². The first-order chi connectivity index (χ1) is 20.4. The van der Waals surface area contributed by atoms with E-state index < -0.39 is 11.6 Å². The molecule has 0 radical (unpaired) electrons. The molecule has 8 nitrogen and oxygen atoms in total. The first-order valence-corrected chi connectivity index (χ1v) is 16.1. The van der Waals surface area contributed by atoms with Crippen molar-refractivity contribution in [3.63, 3.8) is 0 Å². The van der Waals surface area contributed by atoms with Crippen LogP contribution in [-0.2, 0) is 16.0 Å². The molecule has 1 aliphatic heterocycles. The van der Waals surface area contributed by atoms with E-state index in [4.69, 9.17) is 0 Å². The number of nitrogens with one attached hydrogen (secondary N) is 3. The number of amides is 3. The zero-order chi connectivity index (χ0) is 29.4. The molecule has 3 aromatic rings. The number of likely N-dealkylation sites (N-methyl/N-ethyl adjacent to an activating group) is 1. The van der Waals surface area contributed by atoms with Crippen molar-refractivity contribution in [1.82, 2.24) is 25.8 Å². The Kier molecular flexibility index (Phi) is 10.3. The quantitative estimate of drug-likeness (QED) is 0.296. The lowest BCUT2D eigenvalue weighted by atomic mass is 9.80. The molecular weight excluding hydrogens is 546 g/mol. The summed E-state index contributed by atoms with van der Waals surface area (Å²) in [7, 11) is 2.14. The summed E-state index contributed by atoms with van der Waals surface area (Å²) in [6.45, 7) is 5.73. The van der Waals surface area contributed by atoms with Crippen molar-refractivity contribution >= 4 is 39.1 Å². The van der Waals surface area contributed by atoms with E-state index in [-0.39, 0.29) is 17.7 Å². The van der Waals surface area contributed by atoms with Crippen LogP contribution in [0.2, 0.25) is 0 Å². The van der Waals surface area contributed by atoms with Gasteiger partial charge in [-0.2, -0.15) is 0 Å². The predicted molar refractivity (Wildman–Crippen MR) is 169 cm³/mol. The summed E-state index contributed by atoms with van der Waals surface area (Å²) >= 11 is 1.43. The molecule has 1 saturated carbocycles. The number of piperazine rings is 1. The summed E-state index contributed by atoms with van der Waals surface area (Å²) in [5.74, 6) is -0.696. The molecule has 0 bridgehead atoms. The minimum absolute atomic E-state index is 0.188. The fourth-order valence-corrected chi connectivity index (χ4v) is 6.96. The maximum Gasteiger partial charge on any atom is 0.262 e. The van der Waals surface area contributed by atoms with Crippen molar-refractivity contribution in [3.05, 3.63) is 71.1 Å². The number of thiophene rings is 1. The predicted octanol–water partition coefficient (Wildman–Crippen LogP) is 3.82. The summed E-state index contributed by atoms with van der Waals surface area (Å²) in [6, 6.07) is 18.8. The van der Waals surface area contributed by atoms with E-state index in [0.717, 1.165) is 74.1 Å². The molecule has 2 fully saturated rings. The Labute approximate surface area is 252 Å². The molecule has 5 rings (SSSR count). The zero-order valence-corrected chi connectivity index (χ0v) is 25.4. The van der Waals surface area contributed by atoms with Gasteiger partial charge < -0.3 is 25.8 Å². The van der Waals surface area contributed by atoms with Gasteiger partial charge in [0.2, 0.25) is 11.8 Å². The third kappa shape index (κ3) is 7.76. The van der Waals surface area contributed by atoms with Crippen LogP contribution in [-0.4, -0.2) is 85.4 Å². The van der Waals surface area contributed by atoms with Gasteiger partial charge in [0.25, 0.3) is 5.91 Å². The largest absolute Gasteiger partial charge is 0.354 e. The highest BCUT2D eigenvalue weighted by atomic mass is 32.1. The van der Waals surface area contributed by atoms with Crippen LogP contribution >= 0.6 is 11.3 Å². The summed E-state index contributed by atoms with van der Waals surface area (Å²) in [5.41, 5.74) is -0.0651. The van der Waals surface area contributed by atoms with Crippen LogP contribution in [0.25, 0.3) is 10.1 Å². The number of hydrogen-bond donors (Lipinski definition) is 3. The van der Waals surface area contributed by atoms with Crippen LogP contribution in [0.15, 0.2) is 60.7 Å². The summed E-state index contributed by atoms with van der Waals surface area (Å²) < 4.78 is 1.04. The van der Waals surface area contributed by atoms with Gasteiger partial charge in [0.1, 0.15) is 11.6 Å². The molecule has 224 valence electrons. The van der Waals surface area contributed by atoms with Crippen LogP contribution in [0.4, 0.5) is 0 Å². The summed E-state index contributed by atoms with van der Waals surface area (Å²) in [5, 5.41) is 10.3. The highest BCUT2D eigenvalue weighted by Crippen LogP contribution is 2.31. The first kappa shape index (κ1) is 30.2. The molecule has 2 heterocycles. The fourth-order valence-electron chi connectivity index (χ4n) is 6.00. The Bertz CT molecular complexity index is 1310. The standard InChI is InChI=1S/C33H43N5O3S/c1-37-19-21-38(22-20-37)18-10-17-34-30(39)27(23-25-11-4-2-5-12-25)35-32(41)33(15-8-3-9-16-33)36-31(40)29-24-26-13-6-7-14-28(26)42-29/h2,4-7,11-14,24,27H,3,8-10,15-23H2,1H3,(H,34,39)(H,35,41)(H,36,40)/t27-/m0/s1. The molecule has 2 aromatic carbocycles. The van der Waals surface area contributed by atoms with Crippen LogP contribution in [0.5, 0.6) is 0 Å². The van der Waals surface area contributed by atoms with Crippen molar-refractivity contribution < 1.29 is 14.4 Å². The van der Waals surface area contributed by atoms with E-state index in [1.165, 1.54) is 11.3 Å². The van der Waals surface area contributed by atoms with E-state index in [2.05, 4.69) is 32.8 Å². The number of hydrogen-bond acceptors (Lipinski definition) is 6. The topological polar surface area (TPSA) is 93.8 Å². The van der Waals surface area contributed by atoms with Crippen molar-refractivity contribution in [2.24, 2.45) is 0 Å². The molecule has 9 heteroatoms. The lowest BCUT2D eigenvalue weighted by molar-refractivity contribution is -0.133. The van der Waals surface area contributed by atoms with Crippen LogP contribution in [0.3, 0.4) is 0 Å². The van der Waals surface area contributed by atoms with E-state index in [0.29, 0.717) is 30.7 Å². The summed E-state index contributed by atoms with van der Waals surface area (Å²) in [6.07, 6.45) is 5.08. The number of benzene rings is 2. The Morgan fingerprint density at radius 2 is 1.64 bits per heavy atom. The smallest absolute Gasteiger partial charge is 0.262 e. The fraction of sp³-hybridized carbons (Fsp3) is 0.485. The Balaban J connectivity index is 1.25. The monoisotopic (exact) mass is 589 g/mol. The van der Waals surface area contributed by atoms with E-state index in [9.17, 15) is 14.4 Å². The van der Waals surface area contributed by atoms with E-state index in [1.807, 2.05) is 60.7 Å². The van der Waals surface area contributed by atoms with Gasteiger partial charge in [0, 0.05) is 43.8 Å². The molecule has 0 spiro atoms. The van der Waals surface area contributed by atoms with Gasteiger partial charge >= 0.3 is 0 Å². The van der Waals surface area contributed by atoms with Gasteiger partial charge in [-0.1, -0.05) is 67.8 Å². The third-order valence-corrected chi connectivity index (χ3v) is 9.71. The maximum atomic E-state index is 14.0. The molecule has 0 unspecified atom stereocenters. The second kappa shape index (κ2) is 14.3. The average molecular weight is 590 g/mol. The minimum Gasteiger partial charge on any atom is -0.354 e. The number of fused-ring (bicyclic) bond motifs is 1. The molecule has 1 aliphatic carbocycles. The Hall–Kier alpha value is -3.27. The molecule has 42 heavy (non-hydrogen) atoms. The Morgan fingerprint density at radius 1 is 0.929 bits per heavy atom. The molecule has 1 atom stereocenters. The van der Waals surface area contributed by atoms with Crippen molar-refractivity contribution in [3.8, 4) is 0 Å². The number of nitrogens with zero attached hydrogens (tertiary/aromatic N) is 2. The molecule has 3 amide bonds. The van der Waals surface area contributed by atoms with Crippen molar-refractivity contribution in [2.75, 3.05) is 46.3 Å². The molecular formula is C33H43N5O3S. The van der Waals surface area contributed by atoms with Crippen LogP contribution < -0.4 is 16.0 Å². The van der Waals surface area contributed by atoms with Crippen molar-refractivity contribution in [1.29, 1.82) is 0 Å². The second-order valence-corrected chi connectivity index (χ2v) is 12.8. The molecule has 2 aliphatic rings. The first-order valence-electron chi connectivity index (χ1n) is 15.3. The zero-order valence-electron chi connectivity index (χ0n) is 24.6. The normalized spacial score (nSPS) is 18.3. The number of carbonyl (C=O) groups is 3. The van der Waals surface area contributed by atoms with E-state index in [1.54, 1.807) is 0 Å². The van der Waals surface area contributed by atoms with Gasteiger partial charge in [0.05, 0.1) is 4.88 Å². The maximum absolute atomic E-state index is 14.0. The average Bonchev–Trinajstić information content (AvgIpc) is 3.45. The van der Waals surface area contributed by atoms with E-state index >= 15 is 0 Å². The van der Waals surface area contributed by atoms with Gasteiger partial charge in [-0.15, -0.1) is 11.3 Å². The molecule has 1 aromatic heterocycles. The minimum atomic E-state index is -1.04. The van der Waals surface area contributed by atoms with Gasteiger partial charge in [0.15, 0.2) is 0 Å². The highest BCUT2D eigenvalue weighted by molar-refractivity contribution is 7.20. The second-order valence-electron chi connectivity index (χ2n) is 11.8. The summed E-state index contributed by atoms with van der Waals surface area (Å²) in [4.78, 5) is 46.3. The number of carbonyl (C=O) groups excluding carboxylic acids is 3. The van der Waals surface area contributed by atoms with Gasteiger partial charge in [-0.05, 0) is 55.9 Å². The number of rotatable bonds is 11. The lowest BCUT2D eigenvalue weighted by Gasteiger charge is -2.37. The third-order valence-electron chi connectivity index (χ3n) is 8.59. The Morgan fingerprint density at radius 3 is 2.38 bits per heavy atom. The SMILES string of the molecule is CN1CCN(CCCNC(=O)[C@H](Cc2ccccc2)NC(=O)C2(NC(=O)c3cc4ccccc4s3)CCCCC2)CC1. The van der Waals surface area contributed by atoms with Crippen molar-refractivity contribution in [2.45, 2.75) is 56.5 Å². The van der Waals surface area contributed by atoms with Gasteiger partial charge in [-0.25, -0.2) is 0 Å². The molecule has 3 N–H and O–H groups in total. The lowest BCUT2D eigenvalue weighted by Crippen LogP contribution is -2.63. The highest BCUT2D eigenvalue weighted by Gasteiger charge is 2.42. The van der Waals surface area contributed by atoms with Gasteiger partial charge in [-0.3, -0.25) is 14.4 Å². The van der Waals surface area contributed by atoms with Crippen LogP contribution in [0, 0.1) is 0 Å².